The van der Waals surface area contributed by atoms with Crippen molar-refractivity contribution in [3.05, 3.63) is 18.5 Å². The Hall–Kier alpha value is -1.56. The van der Waals surface area contributed by atoms with Gasteiger partial charge in [0.2, 0.25) is 0 Å². The van der Waals surface area contributed by atoms with Crippen molar-refractivity contribution in [3.8, 4) is 0 Å². The van der Waals surface area contributed by atoms with Crippen LogP contribution in [0.25, 0.3) is 0 Å². The number of rotatable bonds is 6. The first-order valence-corrected chi connectivity index (χ1v) is 7.41. The van der Waals surface area contributed by atoms with Crippen LogP contribution in [0.5, 0.6) is 0 Å². The van der Waals surface area contributed by atoms with Gasteiger partial charge >= 0.3 is 6.03 Å². The molecule has 112 valence electrons. The maximum Gasteiger partial charge on any atom is 0.315 e. The Bertz CT molecular complexity index is 406. The summed E-state index contributed by atoms with van der Waals surface area (Å²) in [5.74, 6) is 0.585. The molecular weight excluding hydrogens is 254 g/mol. The summed E-state index contributed by atoms with van der Waals surface area (Å²) in [5.41, 5.74) is 0. The van der Waals surface area contributed by atoms with Gasteiger partial charge in [-0.25, -0.2) is 4.79 Å². The first-order chi connectivity index (χ1) is 9.67. The first kappa shape index (κ1) is 14.8. The zero-order valence-corrected chi connectivity index (χ0v) is 12.4. The molecule has 0 radical (unpaired) electrons. The molecule has 0 bridgehead atoms. The van der Waals surface area contributed by atoms with Gasteiger partial charge in [0, 0.05) is 31.5 Å². The molecule has 1 fully saturated rings. The van der Waals surface area contributed by atoms with E-state index in [4.69, 9.17) is 0 Å². The molecular formula is C14H25N5O. The van der Waals surface area contributed by atoms with Gasteiger partial charge in [0.1, 0.15) is 0 Å². The molecule has 1 aliphatic heterocycles. The molecule has 0 unspecified atom stereocenters. The quantitative estimate of drug-likeness (QED) is 0.814. The van der Waals surface area contributed by atoms with E-state index < -0.39 is 0 Å². The molecule has 2 amide bonds. The maximum absolute atomic E-state index is 11.8. The molecule has 1 aliphatic rings. The zero-order valence-electron chi connectivity index (χ0n) is 12.4. The maximum atomic E-state index is 11.8. The van der Waals surface area contributed by atoms with Crippen molar-refractivity contribution < 1.29 is 4.79 Å². The summed E-state index contributed by atoms with van der Waals surface area (Å²) in [6.07, 6.45) is 4.82. The molecule has 6 heteroatoms. The third-order valence-electron chi connectivity index (χ3n) is 3.77. The average molecular weight is 279 g/mol. The predicted molar refractivity (Wildman–Crippen MR) is 78.4 cm³/mol. The fourth-order valence-corrected chi connectivity index (χ4v) is 2.61. The van der Waals surface area contributed by atoms with E-state index in [1.54, 1.807) is 6.20 Å². The van der Waals surface area contributed by atoms with Crippen molar-refractivity contribution in [1.82, 2.24) is 25.3 Å². The van der Waals surface area contributed by atoms with Crippen LogP contribution >= 0.6 is 0 Å². The molecule has 6 nitrogen and oxygen atoms in total. The fourth-order valence-electron chi connectivity index (χ4n) is 2.61. The van der Waals surface area contributed by atoms with Crippen molar-refractivity contribution in [2.45, 2.75) is 32.9 Å². The number of urea groups is 1. The van der Waals surface area contributed by atoms with Crippen molar-refractivity contribution in [3.63, 3.8) is 0 Å². The van der Waals surface area contributed by atoms with E-state index in [2.05, 4.69) is 27.6 Å². The molecule has 2 atom stereocenters. The van der Waals surface area contributed by atoms with Gasteiger partial charge < -0.3 is 15.5 Å². The van der Waals surface area contributed by atoms with Crippen molar-refractivity contribution in [1.29, 1.82) is 0 Å². The first-order valence-electron chi connectivity index (χ1n) is 7.41. The summed E-state index contributed by atoms with van der Waals surface area (Å²) in [4.78, 5) is 14.2. The zero-order chi connectivity index (χ0) is 14.4. The number of carbonyl (C=O) groups excluding carboxylic acids is 1. The van der Waals surface area contributed by atoms with Gasteiger partial charge in [-0.2, -0.15) is 5.10 Å². The SMILES string of the molecule is CCN1CC[C@H](CNC(=O)N[C@H](C)Cn2cccn2)C1. The normalized spacial score (nSPS) is 20.8. The van der Waals surface area contributed by atoms with Gasteiger partial charge in [-0.1, -0.05) is 6.92 Å². The summed E-state index contributed by atoms with van der Waals surface area (Å²) >= 11 is 0. The van der Waals surface area contributed by atoms with Crippen LogP contribution in [0.1, 0.15) is 20.3 Å². The molecule has 1 aromatic rings. The fraction of sp³-hybridized carbons (Fsp3) is 0.714. The third-order valence-corrected chi connectivity index (χ3v) is 3.77. The lowest BCUT2D eigenvalue weighted by Crippen LogP contribution is -2.44. The number of nitrogens with zero attached hydrogens (tertiary/aromatic N) is 3. The van der Waals surface area contributed by atoms with Gasteiger partial charge in [0.25, 0.3) is 0 Å². The van der Waals surface area contributed by atoms with E-state index in [9.17, 15) is 4.79 Å². The van der Waals surface area contributed by atoms with E-state index in [1.165, 1.54) is 6.42 Å². The Labute approximate surface area is 120 Å². The second-order valence-electron chi connectivity index (χ2n) is 5.53. The number of likely N-dealkylation sites (tertiary alicyclic amines) is 1. The summed E-state index contributed by atoms with van der Waals surface area (Å²) in [6, 6.07) is 1.86. The Morgan fingerprint density at radius 1 is 1.55 bits per heavy atom. The molecule has 20 heavy (non-hydrogen) atoms. The summed E-state index contributed by atoms with van der Waals surface area (Å²) < 4.78 is 1.82. The van der Waals surface area contributed by atoms with Gasteiger partial charge in [-0.05, 0) is 38.4 Å². The second-order valence-corrected chi connectivity index (χ2v) is 5.53. The number of hydrogen-bond acceptors (Lipinski definition) is 3. The van der Waals surface area contributed by atoms with Crippen LogP contribution in [-0.2, 0) is 6.54 Å². The largest absolute Gasteiger partial charge is 0.338 e. The Morgan fingerprint density at radius 3 is 3.05 bits per heavy atom. The average Bonchev–Trinajstić information content (AvgIpc) is 3.07. The number of nitrogens with one attached hydrogen (secondary N) is 2. The molecule has 2 heterocycles. The van der Waals surface area contributed by atoms with E-state index >= 15 is 0 Å². The molecule has 0 aromatic carbocycles. The van der Waals surface area contributed by atoms with E-state index in [0.717, 1.165) is 26.2 Å². The standard InChI is InChI=1S/C14H25N5O/c1-3-18-8-5-13(11-18)9-15-14(20)17-12(2)10-19-7-4-6-16-19/h4,6-7,12-13H,3,5,8-11H2,1-2H3,(H2,15,17,20)/t12-,13-/m1/s1. The molecule has 2 N–H and O–H groups in total. The number of carbonyl (C=O) groups is 1. The van der Waals surface area contributed by atoms with Crippen LogP contribution in [0.15, 0.2) is 18.5 Å². The van der Waals surface area contributed by atoms with Gasteiger partial charge in [-0.15, -0.1) is 0 Å². The highest BCUT2D eigenvalue weighted by Crippen LogP contribution is 2.14. The Morgan fingerprint density at radius 2 is 2.40 bits per heavy atom. The highest BCUT2D eigenvalue weighted by molar-refractivity contribution is 5.74. The van der Waals surface area contributed by atoms with Crippen LogP contribution in [0.3, 0.4) is 0 Å². The minimum Gasteiger partial charge on any atom is -0.338 e. The molecule has 0 spiro atoms. The van der Waals surface area contributed by atoms with Gasteiger partial charge in [0.05, 0.1) is 6.54 Å². The number of amides is 2. The molecule has 0 saturated carbocycles. The van der Waals surface area contributed by atoms with E-state index in [1.807, 2.05) is 23.9 Å². The van der Waals surface area contributed by atoms with Gasteiger partial charge in [0.15, 0.2) is 0 Å². The lowest BCUT2D eigenvalue weighted by molar-refractivity contribution is 0.234. The van der Waals surface area contributed by atoms with Crippen molar-refractivity contribution in [2.75, 3.05) is 26.2 Å². The molecule has 1 saturated heterocycles. The van der Waals surface area contributed by atoms with Crippen LogP contribution in [-0.4, -0.2) is 52.9 Å². The summed E-state index contributed by atoms with van der Waals surface area (Å²) in [7, 11) is 0. The van der Waals surface area contributed by atoms with E-state index in [0.29, 0.717) is 12.5 Å². The smallest absolute Gasteiger partial charge is 0.315 e. The van der Waals surface area contributed by atoms with Crippen LogP contribution in [0.4, 0.5) is 4.79 Å². The monoisotopic (exact) mass is 279 g/mol. The highest BCUT2D eigenvalue weighted by atomic mass is 16.2. The number of aromatic nitrogens is 2. The summed E-state index contributed by atoms with van der Waals surface area (Å²) in [6.45, 7) is 8.96. The molecule has 0 aliphatic carbocycles. The highest BCUT2D eigenvalue weighted by Gasteiger charge is 2.21. The van der Waals surface area contributed by atoms with Crippen molar-refractivity contribution in [2.24, 2.45) is 5.92 Å². The number of hydrogen-bond donors (Lipinski definition) is 2. The second kappa shape index (κ2) is 7.28. The minimum atomic E-state index is -0.0837. The van der Waals surface area contributed by atoms with E-state index in [-0.39, 0.29) is 12.1 Å². The van der Waals surface area contributed by atoms with Crippen LogP contribution < -0.4 is 10.6 Å². The third kappa shape index (κ3) is 4.52. The lowest BCUT2D eigenvalue weighted by atomic mass is 10.1. The summed E-state index contributed by atoms with van der Waals surface area (Å²) in [5, 5.41) is 10.0. The lowest BCUT2D eigenvalue weighted by Gasteiger charge is -2.17. The predicted octanol–water partition coefficient (Wildman–Crippen LogP) is 0.913. The topological polar surface area (TPSA) is 62.2 Å². The van der Waals surface area contributed by atoms with Crippen LogP contribution in [0.2, 0.25) is 0 Å². The van der Waals surface area contributed by atoms with Crippen LogP contribution in [0, 0.1) is 5.92 Å². The van der Waals surface area contributed by atoms with Crippen molar-refractivity contribution >= 4 is 6.03 Å². The molecule has 2 rings (SSSR count). The molecule has 1 aromatic heterocycles. The Balaban J connectivity index is 1.62. The van der Waals surface area contributed by atoms with Gasteiger partial charge in [-0.3, -0.25) is 4.68 Å². The Kier molecular flexibility index (Phi) is 5.40. The minimum absolute atomic E-state index is 0.0608.